The van der Waals surface area contributed by atoms with Crippen molar-refractivity contribution in [3.8, 4) is 29.7 Å². The van der Waals surface area contributed by atoms with Gasteiger partial charge >= 0.3 is 0 Å². The van der Waals surface area contributed by atoms with Gasteiger partial charge in [0.1, 0.15) is 0 Å². The highest BCUT2D eigenvalue weighted by Gasteiger charge is 2.38. The molecular weight excluding hydrogens is 635 g/mol. The molecule has 1 atom stereocenters. The van der Waals surface area contributed by atoms with E-state index in [-0.39, 0.29) is 5.41 Å². The number of nitrogens with zero attached hydrogens (tertiary/aromatic N) is 1. The first-order valence-electron chi connectivity index (χ1n) is 17.8. The van der Waals surface area contributed by atoms with Gasteiger partial charge in [0.15, 0.2) is 0 Å². The summed E-state index contributed by atoms with van der Waals surface area (Å²) in [5.74, 6) is 0.486. The third kappa shape index (κ3) is 6.40. The molecule has 0 saturated heterocycles. The highest BCUT2D eigenvalue weighted by Crippen LogP contribution is 2.54. The molecule has 51 heavy (non-hydrogen) atoms. The maximum Gasteiger partial charge on any atom is 0.0540 e. The number of hydrogen-bond donors (Lipinski definition) is 0. The summed E-state index contributed by atoms with van der Waals surface area (Å²) >= 11 is 1.92. The fourth-order valence-corrected chi connectivity index (χ4v) is 8.99. The van der Waals surface area contributed by atoms with Crippen LogP contribution in [0.4, 0.5) is 0 Å². The molecule has 1 unspecified atom stereocenters. The average molecular weight is 682 g/mol. The molecule has 0 bridgehead atoms. The highest BCUT2D eigenvalue weighted by molar-refractivity contribution is 7.25. The van der Waals surface area contributed by atoms with E-state index in [1.807, 2.05) is 11.3 Å². The normalized spacial score (nSPS) is 15.5. The third-order valence-electron chi connectivity index (χ3n) is 10.2. The summed E-state index contributed by atoms with van der Waals surface area (Å²) in [5, 5.41) is 4.17. The van der Waals surface area contributed by atoms with Crippen LogP contribution in [0.1, 0.15) is 62.1 Å². The van der Waals surface area contributed by atoms with Crippen molar-refractivity contribution in [1.82, 2.24) is 4.57 Å². The highest BCUT2D eigenvalue weighted by atomic mass is 32.1. The molecule has 2 aliphatic rings. The lowest BCUT2D eigenvalue weighted by molar-refractivity contribution is 0.634. The molecular formula is C49H47NS. The van der Waals surface area contributed by atoms with Gasteiger partial charge in [-0.2, -0.15) is 0 Å². The topological polar surface area (TPSA) is 4.93 Å². The molecule has 0 aliphatic heterocycles. The monoisotopic (exact) mass is 681 g/mol. The minimum Gasteiger partial charge on any atom is -0.313 e. The second-order valence-electron chi connectivity index (χ2n) is 13.6. The Morgan fingerprint density at radius 2 is 1.63 bits per heavy atom. The van der Waals surface area contributed by atoms with Crippen LogP contribution in [0.3, 0.4) is 0 Å². The Kier molecular flexibility index (Phi) is 10.6. The number of allylic oxidation sites excluding steroid dienone is 9. The largest absolute Gasteiger partial charge is 0.313 e. The third-order valence-corrected chi connectivity index (χ3v) is 11.3. The minimum absolute atomic E-state index is 0.107. The zero-order valence-electron chi connectivity index (χ0n) is 30.3. The lowest BCUT2D eigenvalue weighted by atomic mass is 9.80. The van der Waals surface area contributed by atoms with Crippen molar-refractivity contribution in [3.63, 3.8) is 0 Å². The van der Waals surface area contributed by atoms with Gasteiger partial charge in [-0.25, -0.2) is 0 Å². The van der Waals surface area contributed by atoms with E-state index in [1.165, 1.54) is 75.8 Å². The molecule has 2 heterocycles. The van der Waals surface area contributed by atoms with Gasteiger partial charge in [-0.1, -0.05) is 130 Å². The first kappa shape index (κ1) is 35.5. The minimum atomic E-state index is -0.107. The number of thiophene rings is 1. The number of hydrogen-bond acceptors (Lipinski definition) is 1. The van der Waals surface area contributed by atoms with Gasteiger partial charge in [0.05, 0.1) is 5.52 Å². The van der Waals surface area contributed by atoms with E-state index in [0.29, 0.717) is 5.92 Å². The van der Waals surface area contributed by atoms with Crippen molar-refractivity contribution in [2.45, 2.75) is 52.4 Å². The number of terminal acetylenes is 1. The zero-order chi connectivity index (χ0) is 36.1. The maximum atomic E-state index is 4.00. The summed E-state index contributed by atoms with van der Waals surface area (Å²) in [4.78, 5) is 0. The standard InChI is InChI=1S/C43H39NS.C4H6.C2H2/c1-5-7-9-10-14-29-18-21-33-32-20-17-28(13-8-6-2)25-37(32)44(38(33)26-29)30-19-22-31-34-23-24-40-41(35-15-11-12-16-39(35)45-40)42(34)43(3,4)36(31)27-30;1-3-4-2;1-2/h5-12,15-25,27,29H,13-14,26H2,1-4H3;3-4H,1-2H2;1-2H/b7-5-,8-6-,10-9-;;. The molecule has 254 valence electrons. The fourth-order valence-electron chi connectivity index (χ4n) is 7.88. The predicted molar refractivity (Wildman–Crippen MR) is 227 cm³/mol. The van der Waals surface area contributed by atoms with Crippen molar-refractivity contribution in [2.75, 3.05) is 0 Å². The van der Waals surface area contributed by atoms with E-state index < -0.39 is 0 Å². The molecule has 0 fully saturated rings. The molecule has 0 N–H and O–H groups in total. The lowest BCUT2D eigenvalue weighted by Crippen LogP contribution is -2.16. The van der Waals surface area contributed by atoms with Crippen LogP contribution in [0.25, 0.3) is 54.0 Å². The summed E-state index contributed by atoms with van der Waals surface area (Å²) in [5.41, 5.74) is 12.3. The average Bonchev–Trinajstić information content (AvgIpc) is 3.78. The zero-order valence-corrected chi connectivity index (χ0v) is 31.1. The molecule has 2 aliphatic carbocycles. The van der Waals surface area contributed by atoms with Gasteiger partial charge in [-0.3, -0.25) is 0 Å². The van der Waals surface area contributed by atoms with Crippen LogP contribution in [0.5, 0.6) is 0 Å². The molecule has 4 aromatic carbocycles. The van der Waals surface area contributed by atoms with Crippen LogP contribution in [0, 0.1) is 18.8 Å². The fraction of sp³-hybridized carbons (Fsp3) is 0.184. The number of rotatable bonds is 7. The van der Waals surface area contributed by atoms with E-state index in [4.69, 9.17) is 0 Å². The second kappa shape index (κ2) is 15.3. The molecule has 1 nitrogen and oxygen atoms in total. The Labute approximate surface area is 308 Å². The number of aromatic nitrogens is 1. The van der Waals surface area contributed by atoms with Crippen LogP contribution in [0.2, 0.25) is 0 Å². The molecule has 0 saturated carbocycles. The van der Waals surface area contributed by atoms with E-state index >= 15 is 0 Å². The van der Waals surface area contributed by atoms with Crippen molar-refractivity contribution in [3.05, 3.63) is 169 Å². The quantitative estimate of drug-likeness (QED) is 0.0898. The summed E-state index contributed by atoms with van der Waals surface area (Å²) in [6.45, 7) is 15.8. The van der Waals surface area contributed by atoms with E-state index in [1.54, 1.807) is 12.2 Å². The van der Waals surface area contributed by atoms with Crippen molar-refractivity contribution in [1.29, 1.82) is 0 Å². The Bertz CT molecular complexity index is 2390. The van der Waals surface area contributed by atoms with Crippen molar-refractivity contribution >= 4 is 48.5 Å². The smallest absolute Gasteiger partial charge is 0.0540 e. The first-order chi connectivity index (χ1) is 24.9. The summed E-state index contributed by atoms with van der Waals surface area (Å²) < 4.78 is 5.34. The van der Waals surface area contributed by atoms with Gasteiger partial charge in [0.25, 0.3) is 0 Å². The van der Waals surface area contributed by atoms with E-state index in [9.17, 15) is 0 Å². The SMILES string of the molecule is C#C.C/C=C\C=C/CC1C=Cc2c(n(-c3ccc4c(c3)C(C)(C)c3c-4ccc4sc5ccccc5c34)c3cc(C/C=C\C)ccc23)C1.C=CC=C. The van der Waals surface area contributed by atoms with Gasteiger partial charge in [0.2, 0.25) is 0 Å². The Morgan fingerprint density at radius 1 is 0.843 bits per heavy atom. The predicted octanol–water partition coefficient (Wildman–Crippen LogP) is 13.7. The van der Waals surface area contributed by atoms with E-state index in [0.717, 1.165) is 19.3 Å². The molecule has 6 aromatic rings. The molecule has 0 amide bonds. The first-order valence-corrected chi connectivity index (χ1v) is 18.6. The lowest BCUT2D eigenvalue weighted by Gasteiger charge is -2.24. The molecule has 0 spiro atoms. The maximum absolute atomic E-state index is 4.00. The van der Waals surface area contributed by atoms with Gasteiger partial charge < -0.3 is 4.57 Å². The van der Waals surface area contributed by atoms with Crippen LogP contribution >= 0.6 is 11.3 Å². The molecule has 2 heteroatoms. The molecule has 8 rings (SSSR count). The van der Waals surface area contributed by atoms with Gasteiger partial charge in [0, 0.05) is 47.9 Å². The van der Waals surface area contributed by atoms with E-state index in [2.05, 4.69) is 180 Å². The number of benzene rings is 4. The molecule has 0 radical (unpaired) electrons. The summed E-state index contributed by atoms with van der Waals surface area (Å²) in [7, 11) is 0. The van der Waals surface area contributed by atoms with Gasteiger partial charge in [-0.05, 0) is 97.2 Å². The second-order valence-corrected chi connectivity index (χ2v) is 14.7. The van der Waals surface area contributed by atoms with Crippen LogP contribution in [-0.2, 0) is 18.3 Å². The van der Waals surface area contributed by atoms with Crippen molar-refractivity contribution in [2.24, 2.45) is 5.92 Å². The Balaban J connectivity index is 0.000000700. The Morgan fingerprint density at radius 3 is 2.39 bits per heavy atom. The summed E-state index contributed by atoms with van der Waals surface area (Å²) in [6, 6.07) is 28.0. The van der Waals surface area contributed by atoms with Gasteiger partial charge in [-0.15, -0.1) is 24.2 Å². The number of fused-ring (bicyclic) bond motifs is 10. The van der Waals surface area contributed by atoms with Crippen LogP contribution < -0.4 is 0 Å². The Hall–Kier alpha value is -5.36. The van der Waals surface area contributed by atoms with Crippen molar-refractivity contribution < 1.29 is 0 Å². The van der Waals surface area contributed by atoms with Crippen LogP contribution in [-0.4, -0.2) is 4.57 Å². The summed E-state index contributed by atoms with van der Waals surface area (Å²) in [6.07, 6.45) is 32.2. The van der Waals surface area contributed by atoms with Crippen LogP contribution in [0.15, 0.2) is 141 Å². The molecule has 2 aromatic heterocycles.